The largest absolute Gasteiger partial charge is 0.416 e. The molecule has 39 heavy (non-hydrogen) atoms. The molecule has 2 N–H and O–H groups in total. The number of benzene rings is 3. The number of nitrogen functional groups attached to an aromatic ring is 1. The highest BCUT2D eigenvalue weighted by molar-refractivity contribution is 5.95. The lowest BCUT2D eigenvalue weighted by Crippen LogP contribution is -2.55. The third-order valence-corrected chi connectivity index (χ3v) is 7.09. The van der Waals surface area contributed by atoms with E-state index in [4.69, 9.17) is 5.73 Å². The third-order valence-electron chi connectivity index (χ3n) is 7.09. The maximum absolute atomic E-state index is 13.5. The van der Waals surface area contributed by atoms with Crippen LogP contribution in [-0.2, 0) is 25.3 Å². The van der Waals surface area contributed by atoms with Crippen molar-refractivity contribution < 1.29 is 31.1 Å². The summed E-state index contributed by atoms with van der Waals surface area (Å²) in [6, 6.07) is 13.8. The molecule has 4 rings (SSSR count). The molecule has 208 valence electrons. The fraction of sp³-hybridized carbons (Fsp3) is 0.345. The molecule has 1 fully saturated rings. The van der Waals surface area contributed by atoms with Gasteiger partial charge in [-0.1, -0.05) is 30.3 Å². The average molecular weight is 550 g/mol. The molecular weight excluding hydrogens is 520 g/mol. The number of alkyl halides is 6. The van der Waals surface area contributed by atoms with E-state index in [-0.39, 0.29) is 12.6 Å². The quantitative estimate of drug-likeness (QED) is 0.292. The Labute approximate surface area is 223 Å². The van der Waals surface area contributed by atoms with Crippen LogP contribution in [0.1, 0.15) is 43.7 Å². The van der Waals surface area contributed by atoms with Crippen LogP contribution in [-0.4, -0.2) is 41.4 Å². The Balaban J connectivity index is 1.66. The summed E-state index contributed by atoms with van der Waals surface area (Å²) in [6.07, 6.45) is -9.67. The van der Waals surface area contributed by atoms with Crippen molar-refractivity contribution in [3.63, 3.8) is 0 Å². The molecule has 1 aliphatic rings. The zero-order valence-electron chi connectivity index (χ0n) is 21.5. The predicted octanol–water partition coefficient (Wildman–Crippen LogP) is 6.49. The van der Waals surface area contributed by atoms with E-state index in [0.717, 1.165) is 22.3 Å². The normalized spacial score (nSPS) is 16.9. The van der Waals surface area contributed by atoms with Crippen molar-refractivity contribution in [2.45, 2.75) is 45.2 Å². The first-order chi connectivity index (χ1) is 18.2. The summed E-state index contributed by atoms with van der Waals surface area (Å²) in [5, 5.41) is 0. The van der Waals surface area contributed by atoms with Crippen molar-refractivity contribution in [2.75, 3.05) is 25.4 Å². The molecular formula is C29H29F6N3O. The first kappa shape index (κ1) is 28.5. The van der Waals surface area contributed by atoms with Crippen LogP contribution < -0.4 is 5.73 Å². The summed E-state index contributed by atoms with van der Waals surface area (Å²) in [6.45, 7) is 5.44. The zero-order chi connectivity index (χ0) is 28.5. The number of aryl methyl sites for hydroxylation is 2. The number of anilines is 1. The van der Waals surface area contributed by atoms with Crippen molar-refractivity contribution in [3.8, 4) is 0 Å². The molecule has 0 bridgehead atoms. The van der Waals surface area contributed by atoms with E-state index >= 15 is 0 Å². The SMILES string of the molecule is Cc1ccc(C[C@@H]2CN(Cc3ccc(N)cc3)CCN2C(=O)c2cc(C(F)(F)F)cc(C(F)(F)F)c2)cc1C. The van der Waals surface area contributed by atoms with Crippen LogP contribution in [0.4, 0.5) is 32.0 Å². The van der Waals surface area contributed by atoms with E-state index in [0.29, 0.717) is 43.9 Å². The number of nitrogens with two attached hydrogens (primary N) is 1. The van der Waals surface area contributed by atoms with Gasteiger partial charge in [0.05, 0.1) is 11.1 Å². The second-order valence-electron chi connectivity index (χ2n) is 10.0. The maximum atomic E-state index is 13.5. The summed E-state index contributed by atoms with van der Waals surface area (Å²) in [4.78, 5) is 17.1. The van der Waals surface area contributed by atoms with Gasteiger partial charge in [-0.3, -0.25) is 9.69 Å². The van der Waals surface area contributed by atoms with Gasteiger partial charge in [-0.25, -0.2) is 0 Å². The lowest BCUT2D eigenvalue weighted by molar-refractivity contribution is -0.143. The van der Waals surface area contributed by atoms with Gasteiger partial charge in [0.1, 0.15) is 0 Å². The number of halogens is 6. The van der Waals surface area contributed by atoms with E-state index in [2.05, 4.69) is 4.90 Å². The van der Waals surface area contributed by atoms with Gasteiger partial charge in [-0.15, -0.1) is 0 Å². The molecule has 0 unspecified atom stereocenters. The maximum Gasteiger partial charge on any atom is 0.416 e. The molecule has 1 atom stereocenters. The smallest absolute Gasteiger partial charge is 0.399 e. The summed E-state index contributed by atoms with van der Waals surface area (Å²) in [5.74, 6) is -0.854. The highest BCUT2D eigenvalue weighted by Crippen LogP contribution is 2.37. The Bertz CT molecular complexity index is 1300. The van der Waals surface area contributed by atoms with Crippen LogP contribution in [0.15, 0.2) is 60.7 Å². The summed E-state index contributed by atoms with van der Waals surface area (Å²) < 4.78 is 80.7. The van der Waals surface area contributed by atoms with Crippen LogP contribution in [0.25, 0.3) is 0 Å². The molecule has 1 aliphatic heterocycles. The molecule has 3 aromatic rings. The first-order valence-electron chi connectivity index (χ1n) is 12.4. The van der Waals surface area contributed by atoms with E-state index in [1.165, 1.54) is 4.90 Å². The molecule has 1 saturated heterocycles. The first-order valence-corrected chi connectivity index (χ1v) is 12.4. The Hall–Kier alpha value is -3.53. The van der Waals surface area contributed by atoms with E-state index in [9.17, 15) is 31.1 Å². The van der Waals surface area contributed by atoms with Gasteiger partial charge in [0.2, 0.25) is 0 Å². The number of rotatable bonds is 5. The lowest BCUT2D eigenvalue weighted by Gasteiger charge is -2.42. The monoisotopic (exact) mass is 549 g/mol. The predicted molar refractivity (Wildman–Crippen MR) is 137 cm³/mol. The molecule has 1 amide bonds. The van der Waals surface area contributed by atoms with Crippen LogP contribution in [0.3, 0.4) is 0 Å². The molecule has 0 spiro atoms. The van der Waals surface area contributed by atoms with Gasteiger partial charge in [-0.2, -0.15) is 26.3 Å². The van der Waals surface area contributed by atoms with Crippen molar-refractivity contribution >= 4 is 11.6 Å². The van der Waals surface area contributed by atoms with Crippen LogP contribution >= 0.6 is 0 Å². The summed E-state index contributed by atoms with van der Waals surface area (Å²) >= 11 is 0. The topological polar surface area (TPSA) is 49.6 Å². The average Bonchev–Trinajstić information content (AvgIpc) is 2.86. The number of piperazine rings is 1. The Morgan fingerprint density at radius 1 is 0.821 bits per heavy atom. The third kappa shape index (κ3) is 6.92. The van der Waals surface area contributed by atoms with Gasteiger partial charge >= 0.3 is 12.4 Å². The van der Waals surface area contributed by atoms with Gasteiger partial charge in [0.15, 0.2) is 0 Å². The van der Waals surface area contributed by atoms with Crippen LogP contribution in [0.5, 0.6) is 0 Å². The zero-order valence-corrected chi connectivity index (χ0v) is 21.5. The highest BCUT2D eigenvalue weighted by atomic mass is 19.4. The van der Waals surface area contributed by atoms with Crippen LogP contribution in [0, 0.1) is 13.8 Å². The Morgan fingerprint density at radius 3 is 1.97 bits per heavy atom. The van der Waals surface area contributed by atoms with Crippen molar-refractivity contribution in [3.05, 3.63) is 99.6 Å². The number of hydrogen-bond donors (Lipinski definition) is 1. The van der Waals surface area contributed by atoms with Crippen LogP contribution in [0.2, 0.25) is 0 Å². The Morgan fingerprint density at radius 2 is 1.41 bits per heavy atom. The fourth-order valence-electron chi connectivity index (χ4n) is 4.83. The molecule has 0 aromatic heterocycles. The molecule has 4 nitrogen and oxygen atoms in total. The van der Waals surface area contributed by atoms with E-state index in [1.54, 1.807) is 12.1 Å². The van der Waals surface area contributed by atoms with E-state index in [1.807, 2.05) is 44.2 Å². The second kappa shape index (κ2) is 10.9. The highest BCUT2D eigenvalue weighted by Gasteiger charge is 2.39. The van der Waals surface area contributed by atoms with Gasteiger partial charge in [0, 0.05) is 43.5 Å². The summed E-state index contributed by atoms with van der Waals surface area (Å²) in [7, 11) is 0. The number of hydrogen-bond acceptors (Lipinski definition) is 3. The number of nitrogens with zero attached hydrogens (tertiary/aromatic N) is 2. The molecule has 10 heteroatoms. The molecule has 1 heterocycles. The minimum atomic E-state index is -5.03. The molecule has 0 aliphatic carbocycles. The summed E-state index contributed by atoms with van der Waals surface area (Å²) in [5.41, 5.74) is 6.82. The van der Waals surface area contributed by atoms with Gasteiger partial charge < -0.3 is 10.6 Å². The minimum absolute atomic E-state index is 0.0356. The van der Waals surface area contributed by atoms with Gasteiger partial charge in [-0.05, 0) is 72.9 Å². The lowest BCUT2D eigenvalue weighted by atomic mass is 9.97. The second-order valence-corrected chi connectivity index (χ2v) is 10.0. The minimum Gasteiger partial charge on any atom is -0.399 e. The van der Waals surface area contributed by atoms with Crippen molar-refractivity contribution in [2.24, 2.45) is 0 Å². The fourth-order valence-corrected chi connectivity index (χ4v) is 4.83. The molecule has 0 radical (unpaired) electrons. The van der Waals surface area contributed by atoms with Crippen molar-refractivity contribution in [1.82, 2.24) is 9.80 Å². The van der Waals surface area contributed by atoms with Gasteiger partial charge in [0.25, 0.3) is 5.91 Å². The van der Waals surface area contributed by atoms with Crippen molar-refractivity contribution in [1.29, 1.82) is 0 Å². The number of carbonyl (C=O) groups excluding carboxylic acids is 1. The Kier molecular flexibility index (Phi) is 7.97. The molecule has 3 aromatic carbocycles. The molecule has 0 saturated carbocycles. The number of carbonyl (C=O) groups is 1. The standard InChI is InChI=1S/C29H29F6N3O/c1-18-3-4-21(11-19(18)2)12-26-17-37(16-20-5-7-25(36)8-6-20)9-10-38(26)27(39)22-13-23(28(30,31)32)15-24(14-22)29(33,34)35/h3-8,11,13-15,26H,9-10,12,16-17,36H2,1-2H3/t26-/m1/s1. The van der Waals surface area contributed by atoms with E-state index < -0.39 is 41.0 Å². The number of amides is 1.